The van der Waals surface area contributed by atoms with E-state index in [1.165, 1.54) is 5.56 Å². The lowest BCUT2D eigenvalue weighted by molar-refractivity contribution is -0.136. The SMILES string of the molecule is CC(C)Cc1ccc(CC(=O)Nc2ccc(CC(=O)O)cc2)cc1. The second-order valence-electron chi connectivity index (χ2n) is 6.41. The highest BCUT2D eigenvalue weighted by Gasteiger charge is 2.06. The summed E-state index contributed by atoms with van der Waals surface area (Å²) in [4.78, 5) is 22.7. The van der Waals surface area contributed by atoms with Gasteiger partial charge in [0.15, 0.2) is 0 Å². The molecule has 2 rings (SSSR count). The average Bonchev–Trinajstić information content (AvgIpc) is 2.50. The molecule has 0 saturated heterocycles. The van der Waals surface area contributed by atoms with E-state index < -0.39 is 5.97 Å². The number of carboxylic acids is 1. The third kappa shape index (κ3) is 5.88. The summed E-state index contributed by atoms with van der Waals surface area (Å²) in [6, 6.07) is 15.0. The van der Waals surface area contributed by atoms with Gasteiger partial charge in [-0.25, -0.2) is 0 Å². The van der Waals surface area contributed by atoms with Crippen LogP contribution in [0, 0.1) is 5.92 Å². The quantitative estimate of drug-likeness (QED) is 0.816. The molecule has 0 radical (unpaired) electrons. The number of amides is 1. The van der Waals surface area contributed by atoms with Gasteiger partial charge in [0.2, 0.25) is 5.91 Å². The first-order valence-corrected chi connectivity index (χ1v) is 8.11. The number of carbonyl (C=O) groups excluding carboxylic acids is 1. The Balaban J connectivity index is 1.89. The van der Waals surface area contributed by atoms with Crippen LogP contribution >= 0.6 is 0 Å². The normalized spacial score (nSPS) is 10.6. The van der Waals surface area contributed by atoms with E-state index >= 15 is 0 Å². The molecule has 0 spiro atoms. The van der Waals surface area contributed by atoms with Crippen molar-refractivity contribution in [2.75, 3.05) is 5.32 Å². The molecule has 0 aromatic heterocycles. The predicted octanol–water partition coefficient (Wildman–Crippen LogP) is 3.69. The van der Waals surface area contributed by atoms with Crippen LogP contribution in [0.15, 0.2) is 48.5 Å². The molecule has 1 amide bonds. The fraction of sp³-hybridized carbons (Fsp3) is 0.300. The molecule has 0 saturated carbocycles. The number of nitrogens with one attached hydrogen (secondary N) is 1. The Bertz CT molecular complexity index is 688. The molecule has 2 N–H and O–H groups in total. The third-order valence-electron chi connectivity index (χ3n) is 3.62. The summed E-state index contributed by atoms with van der Waals surface area (Å²) in [6.45, 7) is 4.37. The molecule has 2 aromatic rings. The Labute approximate surface area is 142 Å². The molecular formula is C20H23NO3. The van der Waals surface area contributed by atoms with Crippen LogP contribution in [-0.2, 0) is 28.9 Å². The number of benzene rings is 2. The number of anilines is 1. The summed E-state index contributed by atoms with van der Waals surface area (Å²) in [6.07, 6.45) is 1.34. The fourth-order valence-electron chi connectivity index (χ4n) is 2.54. The van der Waals surface area contributed by atoms with Gasteiger partial charge < -0.3 is 10.4 Å². The van der Waals surface area contributed by atoms with Gasteiger partial charge in [0, 0.05) is 5.69 Å². The fourth-order valence-corrected chi connectivity index (χ4v) is 2.54. The monoisotopic (exact) mass is 325 g/mol. The maximum Gasteiger partial charge on any atom is 0.307 e. The van der Waals surface area contributed by atoms with E-state index in [1.54, 1.807) is 24.3 Å². The third-order valence-corrected chi connectivity index (χ3v) is 3.62. The van der Waals surface area contributed by atoms with Crippen molar-refractivity contribution in [1.29, 1.82) is 0 Å². The van der Waals surface area contributed by atoms with Crippen molar-refractivity contribution >= 4 is 17.6 Å². The predicted molar refractivity (Wildman–Crippen MR) is 95.1 cm³/mol. The van der Waals surface area contributed by atoms with Crippen molar-refractivity contribution in [2.45, 2.75) is 33.1 Å². The Morgan fingerprint density at radius 2 is 1.38 bits per heavy atom. The largest absolute Gasteiger partial charge is 0.481 e. The van der Waals surface area contributed by atoms with Gasteiger partial charge in [-0.3, -0.25) is 9.59 Å². The van der Waals surface area contributed by atoms with Crippen LogP contribution < -0.4 is 5.32 Å². The maximum atomic E-state index is 12.1. The van der Waals surface area contributed by atoms with Crippen LogP contribution in [0.5, 0.6) is 0 Å². The van der Waals surface area contributed by atoms with E-state index in [1.807, 2.05) is 12.1 Å². The van der Waals surface area contributed by atoms with E-state index in [0.29, 0.717) is 23.6 Å². The summed E-state index contributed by atoms with van der Waals surface area (Å²) in [7, 11) is 0. The second kappa shape index (κ2) is 8.29. The van der Waals surface area contributed by atoms with Crippen LogP contribution in [0.1, 0.15) is 30.5 Å². The number of hydrogen-bond acceptors (Lipinski definition) is 2. The zero-order valence-electron chi connectivity index (χ0n) is 14.1. The molecule has 0 aliphatic heterocycles. The van der Waals surface area contributed by atoms with Crippen LogP contribution in [0.25, 0.3) is 0 Å². The Morgan fingerprint density at radius 3 is 1.92 bits per heavy atom. The van der Waals surface area contributed by atoms with Gasteiger partial charge in [-0.2, -0.15) is 0 Å². The van der Waals surface area contributed by atoms with E-state index in [9.17, 15) is 9.59 Å². The van der Waals surface area contributed by atoms with Crippen LogP contribution in [-0.4, -0.2) is 17.0 Å². The van der Waals surface area contributed by atoms with Gasteiger partial charge in [-0.15, -0.1) is 0 Å². The van der Waals surface area contributed by atoms with E-state index in [4.69, 9.17) is 5.11 Å². The van der Waals surface area contributed by atoms with Crippen molar-refractivity contribution in [2.24, 2.45) is 5.92 Å². The standard InChI is InChI=1S/C20H23NO3/c1-14(2)11-15-3-5-16(6-4-15)12-19(22)21-18-9-7-17(8-10-18)13-20(23)24/h3-10,14H,11-13H2,1-2H3,(H,21,22)(H,23,24). The summed E-state index contributed by atoms with van der Waals surface area (Å²) < 4.78 is 0. The van der Waals surface area contributed by atoms with Gasteiger partial charge in [-0.1, -0.05) is 50.2 Å². The smallest absolute Gasteiger partial charge is 0.307 e. The summed E-state index contributed by atoms with van der Waals surface area (Å²) >= 11 is 0. The molecule has 0 aliphatic carbocycles. The lowest BCUT2D eigenvalue weighted by Gasteiger charge is -2.08. The van der Waals surface area contributed by atoms with Crippen molar-refractivity contribution < 1.29 is 14.7 Å². The number of hydrogen-bond donors (Lipinski definition) is 2. The summed E-state index contributed by atoms with van der Waals surface area (Å²) in [5.74, 6) is -0.339. The molecule has 0 heterocycles. The van der Waals surface area contributed by atoms with E-state index in [2.05, 4.69) is 31.3 Å². The molecule has 24 heavy (non-hydrogen) atoms. The Hall–Kier alpha value is -2.62. The minimum absolute atomic E-state index is 0.0169. The average molecular weight is 325 g/mol. The van der Waals surface area contributed by atoms with Gasteiger partial charge >= 0.3 is 5.97 Å². The van der Waals surface area contributed by atoms with Crippen LogP contribution in [0.3, 0.4) is 0 Å². The van der Waals surface area contributed by atoms with Crippen molar-refractivity contribution in [3.63, 3.8) is 0 Å². The summed E-state index contributed by atoms with van der Waals surface area (Å²) in [5.41, 5.74) is 3.64. The number of rotatable bonds is 7. The highest BCUT2D eigenvalue weighted by molar-refractivity contribution is 5.92. The van der Waals surface area contributed by atoms with Crippen molar-refractivity contribution in [1.82, 2.24) is 0 Å². The molecule has 0 unspecified atom stereocenters. The van der Waals surface area contributed by atoms with Gasteiger partial charge in [0.1, 0.15) is 0 Å². The zero-order chi connectivity index (χ0) is 17.5. The zero-order valence-corrected chi connectivity index (χ0v) is 14.1. The number of carbonyl (C=O) groups is 2. The highest BCUT2D eigenvalue weighted by atomic mass is 16.4. The number of carboxylic acid groups (broad SMARTS) is 1. The van der Waals surface area contributed by atoms with E-state index in [-0.39, 0.29) is 12.3 Å². The van der Waals surface area contributed by atoms with Gasteiger partial charge in [0.05, 0.1) is 12.8 Å². The van der Waals surface area contributed by atoms with Crippen LogP contribution in [0.4, 0.5) is 5.69 Å². The lowest BCUT2D eigenvalue weighted by atomic mass is 10.0. The molecule has 126 valence electrons. The lowest BCUT2D eigenvalue weighted by Crippen LogP contribution is -2.14. The van der Waals surface area contributed by atoms with Crippen LogP contribution in [0.2, 0.25) is 0 Å². The Morgan fingerprint density at radius 1 is 0.875 bits per heavy atom. The van der Waals surface area contributed by atoms with Gasteiger partial charge in [0.25, 0.3) is 0 Å². The molecule has 0 atom stereocenters. The highest BCUT2D eigenvalue weighted by Crippen LogP contribution is 2.13. The first-order valence-electron chi connectivity index (χ1n) is 8.11. The second-order valence-corrected chi connectivity index (χ2v) is 6.41. The molecule has 0 aliphatic rings. The topological polar surface area (TPSA) is 66.4 Å². The molecule has 4 heteroatoms. The molecule has 2 aromatic carbocycles. The minimum atomic E-state index is -0.868. The first-order chi connectivity index (χ1) is 11.4. The minimum Gasteiger partial charge on any atom is -0.481 e. The molecule has 0 fully saturated rings. The summed E-state index contributed by atoms with van der Waals surface area (Å²) in [5, 5.41) is 11.6. The maximum absolute atomic E-state index is 12.1. The molecule has 4 nitrogen and oxygen atoms in total. The van der Waals surface area contributed by atoms with Crippen molar-refractivity contribution in [3.05, 3.63) is 65.2 Å². The van der Waals surface area contributed by atoms with E-state index in [0.717, 1.165) is 12.0 Å². The Kier molecular flexibility index (Phi) is 6.13. The first kappa shape index (κ1) is 17.7. The van der Waals surface area contributed by atoms with Gasteiger partial charge in [-0.05, 0) is 41.2 Å². The molecular weight excluding hydrogens is 302 g/mol. The van der Waals surface area contributed by atoms with Crippen molar-refractivity contribution in [3.8, 4) is 0 Å². The number of aliphatic carboxylic acids is 1. The molecule has 0 bridgehead atoms.